The highest BCUT2D eigenvalue weighted by Crippen LogP contribution is 2.30. The molecule has 0 fully saturated rings. The molecular weight excluding hydrogens is 328 g/mol. The molecule has 7 nitrogen and oxygen atoms in total. The second-order valence-electron chi connectivity index (χ2n) is 6.34. The Morgan fingerprint density at radius 3 is 3.04 bits per heavy atom. The van der Waals surface area contributed by atoms with E-state index in [-0.39, 0.29) is 5.91 Å². The smallest absolute Gasteiger partial charge is 0.256 e. The van der Waals surface area contributed by atoms with Crippen molar-refractivity contribution >= 4 is 11.6 Å². The van der Waals surface area contributed by atoms with Crippen molar-refractivity contribution in [1.82, 2.24) is 29.5 Å². The first-order chi connectivity index (χ1) is 12.8. The van der Waals surface area contributed by atoms with E-state index in [9.17, 15) is 4.79 Å². The van der Waals surface area contributed by atoms with Gasteiger partial charge in [0.1, 0.15) is 5.65 Å². The van der Waals surface area contributed by atoms with Crippen molar-refractivity contribution in [3.63, 3.8) is 0 Å². The van der Waals surface area contributed by atoms with Crippen LogP contribution in [0.15, 0.2) is 55.2 Å². The molecule has 4 aromatic heterocycles. The molecule has 1 amide bonds. The number of hydrogen-bond donors (Lipinski definition) is 1. The molecule has 0 saturated carbocycles. The Morgan fingerprint density at radius 1 is 1.23 bits per heavy atom. The van der Waals surface area contributed by atoms with Gasteiger partial charge in [0.2, 0.25) is 0 Å². The van der Waals surface area contributed by atoms with E-state index in [0.29, 0.717) is 25.1 Å². The number of nitrogens with one attached hydrogen (secondary N) is 1. The number of carbonyl (C=O) groups is 1. The molecule has 7 heteroatoms. The largest absolute Gasteiger partial charge is 0.332 e. The van der Waals surface area contributed by atoms with Gasteiger partial charge in [-0.05, 0) is 18.2 Å². The highest BCUT2D eigenvalue weighted by atomic mass is 16.2. The zero-order valence-electron chi connectivity index (χ0n) is 14.0. The van der Waals surface area contributed by atoms with Gasteiger partial charge >= 0.3 is 0 Å². The van der Waals surface area contributed by atoms with Crippen molar-refractivity contribution in [2.45, 2.75) is 13.0 Å². The van der Waals surface area contributed by atoms with Gasteiger partial charge < -0.3 is 9.30 Å². The lowest BCUT2D eigenvalue weighted by molar-refractivity contribution is 0.0780. The van der Waals surface area contributed by atoms with Crippen LogP contribution < -0.4 is 0 Å². The van der Waals surface area contributed by atoms with E-state index >= 15 is 0 Å². The molecule has 0 aliphatic carbocycles. The van der Waals surface area contributed by atoms with E-state index < -0.39 is 0 Å². The van der Waals surface area contributed by atoms with Gasteiger partial charge in [0.25, 0.3) is 5.91 Å². The Morgan fingerprint density at radius 2 is 2.19 bits per heavy atom. The van der Waals surface area contributed by atoms with Gasteiger partial charge in [-0.2, -0.15) is 5.10 Å². The van der Waals surface area contributed by atoms with Crippen LogP contribution >= 0.6 is 0 Å². The highest BCUT2D eigenvalue weighted by Gasteiger charge is 2.31. The third-order valence-electron chi connectivity index (χ3n) is 4.73. The summed E-state index contributed by atoms with van der Waals surface area (Å²) in [5.41, 5.74) is 5.18. The molecule has 0 bridgehead atoms. The Kier molecular flexibility index (Phi) is 3.31. The minimum absolute atomic E-state index is 0.0214. The van der Waals surface area contributed by atoms with Crippen molar-refractivity contribution in [2.24, 2.45) is 0 Å². The Balaban J connectivity index is 1.38. The first kappa shape index (κ1) is 14.8. The van der Waals surface area contributed by atoms with Crippen molar-refractivity contribution in [2.75, 3.05) is 6.54 Å². The van der Waals surface area contributed by atoms with Crippen LogP contribution in [-0.4, -0.2) is 41.9 Å². The molecular formula is C19H16N6O. The Hall–Kier alpha value is -3.48. The standard InChI is InChI=1S/C19H16N6O/c26-19-18-15(13-9-21-22-10-13)4-6-20-16(18)12-25(19)8-5-14-11-24-7-2-1-3-17(24)23-14/h1-4,6-7,9-11H,5,8,12H2,(H,21,22). The van der Waals surface area contributed by atoms with Crippen LogP contribution in [0.25, 0.3) is 16.8 Å². The van der Waals surface area contributed by atoms with Crippen molar-refractivity contribution in [3.05, 3.63) is 72.2 Å². The number of hydrogen-bond acceptors (Lipinski definition) is 4. The topological polar surface area (TPSA) is 79.2 Å². The van der Waals surface area contributed by atoms with E-state index in [2.05, 4.69) is 20.2 Å². The number of nitrogens with zero attached hydrogens (tertiary/aromatic N) is 5. The molecule has 1 aliphatic rings. The second-order valence-corrected chi connectivity index (χ2v) is 6.34. The molecule has 0 radical (unpaired) electrons. The number of carbonyl (C=O) groups excluding carboxylic acids is 1. The van der Waals surface area contributed by atoms with Crippen molar-refractivity contribution in [3.8, 4) is 11.1 Å². The Bertz CT molecular complexity index is 1070. The average molecular weight is 344 g/mol. The fraction of sp³-hybridized carbons (Fsp3) is 0.158. The summed E-state index contributed by atoms with van der Waals surface area (Å²) in [4.78, 5) is 23.8. The van der Waals surface area contributed by atoms with E-state index in [1.54, 1.807) is 18.6 Å². The van der Waals surface area contributed by atoms with Crippen LogP contribution in [-0.2, 0) is 13.0 Å². The monoisotopic (exact) mass is 344 g/mol. The number of fused-ring (bicyclic) bond motifs is 2. The molecule has 0 saturated heterocycles. The molecule has 4 aromatic rings. The van der Waals surface area contributed by atoms with E-state index in [4.69, 9.17) is 0 Å². The van der Waals surface area contributed by atoms with Gasteiger partial charge in [-0.15, -0.1) is 0 Å². The lowest BCUT2D eigenvalue weighted by atomic mass is 10.0. The number of H-pyrrole nitrogens is 1. The maximum Gasteiger partial charge on any atom is 0.256 e. The van der Waals surface area contributed by atoms with Crippen LogP contribution in [0.2, 0.25) is 0 Å². The molecule has 5 heterocycles. The number of aromatic nitrogens is 5. The lowest BCUT2D eigenvalue weighted by Gasteiger charge is -2.14. The van der Waals surface area contributed by atoms with Gasteiger partial charge in [-0.1, -0.05) is 6.07 Å². The van der Waals surface area contributed by atoms with Gasteiger partial charge in [-0.25, -0.2) is 4.98 Å². The van der Waals surface area contributed by atoms with Crippen molar-refractivity contribution < 1.29 is 4.79 Å². The third kappa shape index (κ3) is 2.36. The predicted molar refractivity (Wildman–Crippen MR) is 95.5 cm³/mol. The zero-order chi connectivity index (χ0) is 17.5. The molecule has 0 spiro atoms. The summed E-state index contributed by atoms with van der Waals surface area (Å²) in [5.74, 6) is 0.0214. The summed E-state index contributed by atoms with van der Waals surface area (Å²) in [5, 5.41) is 6.78. The minimum Gasteiger partial charge on any atom is -0.332 e. The zero-order valence-corrected chi connectivity index (χ0v) is 14.0. The van der Waals surface area contributed by atoms with E-state index in [0.717, 1.165) is 28.2 Å². The summed E-state index contributed by atoms with van der Waals surface area (Å²) in [6.07, 6.45) is 9.97. The number of aromatic amines is 1. The van der Waals surface area contributed by atoms with Crippen LogP contribution in [0.4, 0.5) is 0 Å². The number of amides is 1. The van der Waals surface area contributed by atoms with Gasteiger partial charge in [0, 0.05) is 48.9 Å². The van der Waals surface area contributed by atoms with E-state index in [1.165, 1.54) is 0 Å². The fourth-order valence-electron chi connectivity index (χ4n) is 3.45. The molecule has 5 rings (SSSR count). The first-order valence-corrected chi connectivity index (χ1v) is 8.48. The molecule has 1 aliphatic heterocycles. The number of imidazole rings is 1. The third-order valence-corrected chi connectivity index (χ3v) is 4.73. The average Bonchev–Trinajstić information content (AvgIpc) is 3.39. The molecule has 1 N–H and O–H groups in total. The molecule has 26 heavy (non-hydrogen) atoms. The maximum absolute atomic E-state index is 12.9. The van der Waals surface area contributed by atoms with Crippen molar-refractivity contribution in [1.29, 1.82) is 0 Å². The summed E-state index contributed by atoms with van der Waals surface area (Å²) >= 11 is 0. The first-order valence-electron chi connectivity index (χ1n) is 8.48. The number of pyridine rings is 2. The minimum atomic E-state index is 0.0214. The van der Waals surface area contributed by atoms with E-state index in [1.807, 2.05) is 46.0 Å². The summed E-state index contributed by atoms with van der Waals surface area (Å²) in [6, 6.07) is 7.78. The van der Waals surface area contributed by atoms with Gasteiger partial charge in [0.15, 0.2) is 0 Å². The summed E-state index contributed by atoms with van der Waals surface area (Å²) in [6.45, 7) is 1.15. The maximum atomic E-state index is 12.9. The van der Waals surface area contributed by atoms with Crippen LogP contribution in [0, 0.1) is 0 Å². The quantitative estimate of drug-likeness (QED) is 0.616. The highest BCUT2D eigenvalue weighted by molar-refractivity contribution is 6.03. The lowest BCUT2D eigenvalue weighted by Crippen LogP contribution is -2.26. The number of rotatable bonds is 4. The SMILES string of the molecule is O=C1c2c(-c3cn[nH]c3)ccnc2CN1CCc1cn2ccccc2n1. The molecule has 0 aromatic carbocycles. The van der Waals surface area contributed by atoms with Gasteiger partial charge in [-0.3, -0.25) is 14.9 Å². The fourth-order valence-corrected chi connectivity index (χ4v) is 3.45. The summed E-state index contributed by atoms with van der Waals surface area (Å²) < 4.78 is 1.99. The molecule has 0 unspecified atom stereocenters. The predicted octanol–water partition coefficient (Wildman–Crippen LogP) is 2.32. The van der Waals surface area contributed by atoms with Crippen LogP contribution in [0.5, 0.6) is 0 Å². The normalized spacial score (nSPS) is 13.5. The molecule has 128 valence electrons. The van der Waals surface area contributed by atoms with Crippen LogP contribution in [0.1, 0.15) is 21.7 Å². The van der Waals surface area contributed by atoms with Crippen LogP contribution in [0.3, 0.4) is 0 Å². The van der Waals surface area contributed by atoms with Gasteiger partial charge in [0.05, 0.1) is 29.7 Å². The molecule has 0 atom stereocenters. The second kappa shape index (κ2) is 5.80. The Labute approximate surface area is 149 Å². The summed E-state index contributed by atoms with van der Waals surface area (Å²) in [7, 11) is 0.